The topological polar surface area (TPSA) is 77.8 Å². The Balaban J connectivity index is 1.94. The first kappa shape index (κ1) is 14.7. The molecule has 0 unspecified atom stereocenters. The van der Waals surface area contributed by atoms with E-state index in [1.165, 1.54) is 16.8 Å². The summed E-state index contributed by atoms with van der Waals surface area (Å²) < 4.78 is 0. The molecular formula is C19H16N4S. The highest BCUT2D eigenvalue weighted by molar-refractivity contribution is 7.19. The minimum absolute atomic E-state index is 0.516. The maximum atomic E-state index is 6.16. The number of nitrogens with zero attached hydrogens (tertiary/aromatic N) is 2. The first-order valence-corrected chi connectivity index (χ1v) is 8.45. The predicted octanol–water partition coefficient (Wildman–Crippen LogP) is 4.11. The standard InChI is InChI=1S/C19H16N4S/c20-14-8-6-13(7-9-14)16-15(10-12-4-2-1-3-5-12)24-19-17(16)18(21)22-11-23-19/h1-9,11H,10,20H2,(H2,21,22,23). The van der Waals surface area contributed by atoms with Gasteiger partial charge in [0, 0.05) is 22.5 Å². The van der Waals surface area contributed by atoms with Crippen molar-refractivity contribution in [1.29, 1.82) is 0 Å². The number of hydrogen-bond acceptors (Lipinski definition) is 5. The van der Waals surface area contributed by atoms with Gasteiger partial charge in [-0.1, -0.05) is 42.5 Å². The van der Waals surface area contributed by atoms with Crippen molar-refractivity contribution in [3.05, 3.63) is 71.4 Å². The van der Waals surface area contributed by atoms with Crippen molar-refractivity contribution in [2.45, 2.75) is 6.42 Å². The van der Waals surface area contributed by atoms with Crippen LogP contribution in [0.5, 0.6) is 0 Å². The first-order valence-electron chi connectivity index (χ1n) is 7.64. The lowest BCUT2D eigenvalue weighted by Gasteiger charge is -2.07. The van der Waals surface area contributed by atoms with E-state index in [-0.39, 0.29) is 0 Å². The number of benzene rings is 2. The summed E-state index contributed by atoms with van der Waals surface area (Å²) in [6.45, 7) is 0. The second kappa shape index (κ2) is 5.94. The van der Waals surface area contributed by atoms with E-state index in [2.05, 4.69) is 34.2 Å². The summed E-state index contributed by atoms with van der Waals surface area (Å²) in [6, 6.07) is 18.3. The Morgan fingerprint density at radius 2 is 1.62 bits per heavy atom. The number of nitrogens with two attached hydrogens (primary N) is 2. The van der Waals surface area contributed by atoms with Crippen LogP contribution in [0, 0.1) is 0 Å². The smallest absolute Gasteiger partial charge is 0.136 e. The Bertz CT molecular complexity index is 991. The molecule has 2 heterocycles. The summed E-state index contributed by atoms with van der Waals surface area (Å²) in [4.78, 5) is 10.7. The molecule has 0 aliphatic heterocycles. The van der Waals surface area contributed by atoms with Crippen LogP contribution in [0.4, 0.5) is 11.5 Å². The molecule has 0 saturated heterocycles. The summed E-state index contributed by atoms with van der Waals surface area (Å²) in [5, 5.41) is 0.929. The summed E-state index contributed by atoms with van der Waals surface area (Å²) >= 11 is 1.67. The van der Waals surface area contributed by atoms with Gasteiger partial charge in [0.1, 0.15) is 17.0 Å². The summed E-state index contributed by atoms with van der Waals surface area (Å²) in [6.07, 6.45) is 2.36. The van der Waals surface area contributed by atoms with E-state index in [9.17, 15) is 0 Å². The second-order valence-electron chi connectivity index (χ2n) is 5.62. The molecule has 0 fully saturated rings. The van der Waals surface area contributed by atoms with Gasteiger partial charge in [-0.2, -0.15) is 0 Å². The minimum atomic E-state index is 0.516. The average Bonchev–Trinajstić information content (AvgIpc) is 2.96. The van der Waals surface area contributed by atoms with Crippen LogP contribution >= 0.6 is 11.3 Å². The van der Waals surface area contributed by atoms with Crippen LogP contribution in [0.3, 0.4) is 0 Å². The van der Waals surface area contributed by atoms with Crippen molar-refractivity contribution in [1.82, 2.24) is 9.97 Å². The van der Waals surface area contributed by atoms with Crippen molar-refractivity contribution < 1.29 is 0 Å². The number of fused-ring (bicyclic) bond motifs is 1. The number of nitrogen functional groups attached to an aromatic ring is 2. The van der Waals surface area contributed by atoms with Crippen LogP contribution in [-0.2, 0) is 6.42 Å². The highest BCUT2D eigenvalue weighted by atomic mass is 32.1. The Morgan fingerprint density at radius 1 is 0.875 bits per heavy atom. The maximum absolute atomic E-state index is 6.16. The SMILES string of the molecule is Nc1ccc(-c2c(Cc3ccccc3)sc3ncnc(N)c23)cc1. The predicted molar refractivity (Wildman–Crippen MR) is 101 cm³/mol. The molecule has 4 N–H and O–H groups in total. The highest BCUT2D eigenvalue weighted by Gasteiger charge is 2.18. The number of thiophene rings is 1. The van der Waals surface area contributed by atoms with Crippen molar-refractivity contribution in [3.63, 3.8) is 0 Å². The first-order chi connectivity index (χ1) is 11.7. The molecule has 5 heteroatoms. The Morgan fingerprint density at radius 3 is 2.38 bits per heavy atom. The van der Waals surface area contributed by atoms with Gasteiger partial charge in [-0.05, 0) is 23.3 Å². The van der Waals surface area contributed by atoms with Crippen LogP contribution in [-0.4, -0.2) is 9.97 Å². The maximum Gasteiger partial charge on any atom is 0.136 e. The average molecular weight is 332 g/mol. The normalized spacial score (nSPS) is 11.0. The number of rotatable bonds is 3. The zero-order chi connectivity index (χ0) is 16.5. The largest absolute Gasteiger partial charge is 0.399 e. The summed E-state index contributed by atoms with van der Waals surface area (Å²) in [7, 11) is 0. The Labute approximate surface area is 143 Å². The van der Waals surface area contributed by atoms with Crippen LogP contribution in [0.2, 0.25) is 0 Å². The minimum Gasteiger partial charge on any atom is -0.399 e. The van der Waals surface area contributed by atoms with E-state index >= 15 is 0 Å². The van der Waals surface area contributed by atoms with Gasteiger partial charge in [0.2, 0.25) is 0 Å². The molecule has 0 bridgehead atoms. The molecule has 0 radical (unpaired) electrons. The molecule has 0 atom stereocenters. The van der Waals surface area contributed by atoms with Gasteiger partial charge in [-0.15, -0.1) is 11.3 Å². The number of anilines is 2. The Kier molecular flexibility index (Phi) is 3.63. The molecule has 4 nitrogen and oxygen atoms in total. The van der Waals surface area contributed by atoms with Crippen LogP contribution < -0.4 is 11.5 Å². The van der Waals surface area contributed by atoms with Gasteiger partial charge in [-0.3, -0.25) is 0 Å². The monoisotopic (exact) mass is 332 g/mol. The molecule has 0 aliphatic rings. The van der Waals surface area contributed by atoms with Crippen molar-refractivity contribution in [3.8, 4) is 11.1 Å². The molecule has 4 rings (SSSR count). The summed E-state index contributed by atoms with van der Waals surface area (Å²) in [5.74, 6) is 0.516. The van der Waals surface area contributed by atoms with Crippen LogP contribution in [0.1, 0.15) is 10.4 Å². The van der Waals surface area contributed by atoms with Gasteiger partial charge in [0.05, 0.1) is 5.39 Å². The quantitative estimate of drug-likeness (QED) is 0.553. The molecule has 0 spiro atoms. The van der Waals surface area contributed by atoms with E-state index in [1.807, 2.05) is 30.3 Å². The summed E-state index contributed by atoms with van der Waals surface area (Å²) in [5.41, 5.74) is 16.2. The molecule has 2 aromatic heterocycles. The molecule has 0 aliphatic carbocycles. The third-order valence-electron chi connectivity index (χ3n) is 4.00. The van der Waals surface area contributed by atoms with E-state index < -0.39 is 0 Å². The molecule has 0 saturated carbocycles. The van der Waals surface area contributed by atoms with E-state index in [4.69, 9.17) is 11.5 Å². The molecule has 2 aromatic carbocycles. The van der Waals surface area contributed by atoms with E-state index in [1.54, 1.807) is 11.3 Å². The van der Waals surface area contributed by atoms with E-state index in [0.717, 1.165) is 33.5 Å². The zero-order valence-corrected chi connectivity index (χ0v) is 13.8. The van der Waals surface area contributed by atoms with Crippen LogP contribution in [0.25, 0.3) is 21.3 Å². The van der Waals surface area contributed by atoms with E-state index in [0.29, 0.717) is 5.82 Å². The third-order valence-corrected chi connectivity index (χ3v) is 5.10. The number of aromatic nitrogens is 2. The van der Waals surface area contributed by atoms with Crippen molar-refractivity contribution >= 4 is 33.1 Å². The number of hydrogen-bond donors (Lipinski definition) is 2. The lowest BCUT2D eigenvalue weighted by Crippen LogP contribution is -1.93. The molecular weight excluding hydrogens is 316 g/mol. The molecule has 4 aromatic rings. The van der Waals surface area contributed by atoms with Gasteiger partial charge >= 0.3 is 0 Å². The van der Waals surface area contributed by atoms with Crippen molar-refractivity contribution in [2.24, 2.45) is 0 Å². The molecule has 118 valence electrons. The third kappa shape index (κ3) is 2.59. The molecule has 24 heavy (non-hydrogen) atoms. The van der Waals surface area contributed by atoms with Gasteiger partial charge < -0.3 is 11.5 Å². The fourth-order valence-electron chi connectivity index (χ4n) is 2.86. The van der Waals surface area contributed by atoms with Gasteiger partial charge in [0.25, 0.3) is 0 Å². The highest BCUT2D eigenvalue weighted by Crippen LogP contribution is 2.41. The van der Waals surface area contributed by atoms with Crippen LogP contribution in [0.15, 0.2) is 60.9 Å². The van der Waals surface area contributed by atoms with Gasteiger partial charge in [-0.25, -0.2) is 9.97 Å². The second-order valence-corrected chi connectivity index (χ2v) is 6.71. The Hall–Kier alpha value is -2.92. The fraction of sp³-hybridized carbons (Fsp3) is 0.0526. The lowest BCUT2D eigenvalue weighted by atomic mass is 9.99. The molecule has 0 amide bonds. The lowest BCUT2D eigenvalue weighted by molar-refractivity contribution is 1.24. The van der Waals surface area contributed by atoms with Crippen molar-refractivity contribution in [2.75, 3.05) is 11.5 Å². The fourth-order valence-corrected chi connectivity index (χ4v) is 4.07. The van der Waals surface area contributed by atoms with Gasteiger partial charge in [0.15, 0.2) is 0 Å². The zero-order valence-electron chi connectivity index (χ0n) is 12.9.